The third-order valence-electron chi connectivity index (χ3n) is 6.18. The predicted molar refractivity (Wildman–Crippen MR) is 125 cm³/mol. The van der Waals surface area contributed by atoms with Crippen LogP contribution in [0.2, 0.25) is 0 Å². The third-order valence-corrected chi connectivity index (χ3v) is 6.18. The Balaban J connectivity index is 1.62. The van der Waals surface area contributed by atoms with Crippen molar-refractivity contribution >= 4 is 33.4 Å². The van der Waals surface area contributed by atoms with Crippen LogP contribution in [-0.2, 0) is 13.0 Å². The molecule has 1 amide bonds. The molecule has 2 aromatic heterocycles. The molecular formula is C27H21N3O. The minimum absolute atomic E-state index is 0.0589. The largest absolute Gasteiger partial charge is 0.330 e. The van der Waals surface area contributed by atoms with Crippen molar-refractivity contribution in [2.45, 2.75) is 13.0 Å². The van der Waals surface area contributed by atoms with Crippen molar-refractivity contribution in [3.05, 3.63) is 108 Å². The molecule has 0 radical (unpaired) electrons. The monoisotopic (exact) mass is 403 g/mol. The lowest BCUT2D eigenvalue weighted by Gasteiger charge is -2.28. The number of aromatic nitrogens is 2. The maximum Gasteiger partial charge on any atom is 0.275 e. The first-order valence-corrected chi connectivity index (χ1v) is 10.6. The summed E-state index contributed by atoms with van der Waals surface area (Å²) >= 11 is 0. The van der Waals surface area contributed by atoms with Crippen LogP contribution in [0.5, 0.6) is 0 Å². The Bertz CT molecular complexity index is 1420. The second-order valence-corrected chi connectivity index (χ2v) is 7.98. The van der Waals surface area contributed by atoms with Crippen LogP contribution >= 0.6 is 0 Å². The van der Waals surface area contributed by atoms with Gasteiger partial charge in [0.05, 0.1) is 11.0 Å². The molecule has 3 heterocycles. The predicted octanol–water partition coefficient (Wildman–Crippen LogP) is 5.44. The number of pyridine rings is 1. The van der Waals surface area contributed by atoms with Gasteiger partial charge in [-0.2, -0.15) is 0 Å². The lowest BCUT2D eigenvalue weighted by Crippen LogP contribution is -2.38. The van der Waals surface area contributed by atoms with Gasteiger partial charge in [-0.1, -0.05) is 66.7 Å². The van der Waals surface area contributed by atoms with Crippen LogP contribution in [0.25, 0.3) is 21.8 Å². The number of amides is 1. The first-order valence-electron chi connectivity index (χ1n) is 10.6. The van der Waals surface area contributed by atoms with Crippen LogP contribution in [0.1, 0.15) is 21.6 Å². The van der Waals surface area contributed by atoms with Gasteiger partial charge in [0.1, 0.15) is 5.69 Å². The number of anilines is 1. The number of carbonyl (C=O) groups is 1. The molecule has 150 valence electrons. The number of benzene rings is 3. The number of fused-ring (bicyclic) bond motifs is 5. The van der Waals surface area contributed by atoms with Gasteiger partial charge in [0.25, 0.3) is 5.91 Å². The Morgan fingerprint density at radius 1 is 0.839 bits per heavy atom. The Labute approximate surface area is 180 Å². The molecule has 0 spiro atoms. The molecule has 0 bridgehead atoms. The summed E-state index contributed by atoms with van der Waals surface area (Å²) in [6.07, 6.45) is 2.66. The number of para-hydroxylation sites is 1. The highest BCUT2D eigenvalue weighted by molar-refractivity contribution is 6.15. The zero-order valence-electron chi connectivity index (χ0n) is 17.0. The summed E-state index contributed by atoms with van der Waals surface area (Å²) in [5, 5.41) is 2.23. The van der Waals surface area contributed by atoms with E-state index < -0.39 is 0 Å². The summed E-state index contributed by atoms with van der Waals surface area (Å²) in [6, 6.07) is 28.6. The summed E-state index contributed by atoms with van der Waals surface area (Å²) in [5.74, 6) is 0.0589. The van der Waals surface area contributed by atoms with Crippen LogP contribution in [0.4, 0.5) is 5.69 Å². The van der Waals surface area contributed by atoms with Crippen molar-refractivity contribution in [3.8, 4) is 0 Å². The fraction of sp³-hybridized carbons (Fsp3) is 0.111. The minimum Gasteiger partial charge on any atom is -0.330 e. The van der Waals surface area contributed by atoms with Gasteiger partial charge in [-0.3, -0.25) is 9.78 Å². The van der Waals surface area contributed by atoms with E-state index in [1.165, 1.54) is 5.56 Å². The van der Waals surface area contributed by atoms with Crippen molar-refractivity contribution in [1.29, 1.82) is 0 Å². The molecule has 0 saturated carbocycles. The zero-order valence-corrected chi connectivity index (χ0v) is 17.0. The Kier molecular flexibility index (Phi) is 4.10. The van der Waals surface area contributed by atoms with Crippen LogP contribution < -0.4 is 4.90 Å². The summed E-state index contributed by atoms with van der Waals surface area (Å²) < 4.78 is 2.19. The van der Waals surface area contributed by atoms with Crippen molar-refractivity contribution < 1.29 is 4.79 Å². The van der Waals surface area contributed by atoms with E-state index in [0.717, 1.165) is 45.2 Å². The van der Waals surface area contributed by atoms with Crippen LogP contribution in [-0.4, -0.2) is 22.0 Å². The summed E-state index contributed by atoms with van der Waals surface area (Å²) in [7, 11) is 0. The van der Waals surface area contributed by atoms with E-state index in [1.54, 1.807) is 0 Å². The summed E-state index contributed by atoms with van der Waals surface area (Å²) in [4.78, 5) is 20.4. The number of nitrogens with zero attached hydrogens (tertiary/aromatic N) is 3. The van der Waals surface area contributed by atoms with Gasteiger partial charge in [0.2, 0.25) is 0 Å². The lowest BCUT2D eigenvalue weighted by molar-refractivity contribution is 0.0972. The molecule has 0 aliphatic carbocycles. The molecule has 31 heavy (non-hydrogen) atoms. The van der Waals surface area contributed by atoms with Crippen molar-refractivity contribution in [2.75, 3.05) is 11.4 Å². The normalized spacial score (nSPS) is 13.7. The molecule has 5 aromatic rings. The SMILES string of the molecule is O=C1c2c(c3ccc4cccnc4c3n2Cc2ccccc2)CCN1c1ccccc1. The third kappa shape index (κ3) is 2.83. The Hall–Kier alpha value is -3.92. The lowest BCUT2D eigenvalue weighted by atomic mass is 10.0. The highest BCUT2D eigenvalue weighted by atomic mass is 16.2. The standard InChI is InChI=1S/C27H21N3O/c31-27-26-23(15-17-29(27)21-11-5-2-6-12-21)22-14-13-20-10-7-16-28-24(20)25(22)30(26)18-19-8-3-1-4-9-19/h1-14,16H,15,17-18H2. The van der Waals surface area contributed by atoms with Gasteiger partial charge in [-0.15, -0.1) is 0 Å². The van der Waals surface area contributed by atoms with Gasteiger partial charge in [0, 0.05) is 35.7 Å². The van der Waals surface area contributed by atoms with Crippen molar-refractivity contribution in [3.63, 3.8) is 0 Å². The molecule has 1 aliphatic heterocycles. The molecule has 6 rings (SSSR count). The van der Waals surface area contributed by atoms with Crippen LogP contribution in [0.3, 0.4) is 0 Å². The summed E-state index contributed by atoms with van der Waals surface area (Å²) in [6.45, 7) is 1.32. The average molecular weight is 403 g/mol. The molecule has 0 unspecified atom stereocenters. The number of rotatable bonds is 3. The maximum absolute atomic E-state index is 13.8. The zero-order chi connectivity index (χ0) is 20.8. The number of carbonyl (C=O) groups excluding carboxylic acids is 1. The molecule has 0 saturated heterocycles. The van der Waals surface area contributed by atoms with Gasteiger partial charge >= 0.3 is 0 Å². The maximum atomic E-state index is 13.8. The van der Waals surface area contributed by atoms with E-state index >= 15 is 0 Å². The quantitative estimate of drug-likeness (QED) is 0.402. The van der Waals surface area contributed by atoms with E-state index in [0.29, 0.717) is 13.1 Å². The second kappa shape index (κ2) is 7.10. The molecule has 3 aromatic carbocycles. The summed E-state index contributed by atoms with van der Waals surface area (Å²) in [5.41, 5.74) is 6.03. The van der Waals surface area contributed by atoms with Gasteiger partial charge in [0.15, 0.2) is 0 Å². The molecular weight excluding hydrogens is 382 g/mol. The minimum atomic E-state index is 0.0589. The Morgan fingerprint density at radius 2 is 1.61 bits per heavy atom. The number of hydrogen-bond donors (Lipinski definition) is 0. The van der Waals surface area contributed by atoms with E-state index in [-0.39, 0.29) is 5.91 Å². The number of hydrogen-bond acceptors (Lipinski definition) is 2. The van der Waals surface area contributed by atoms with Gasteiger partial charge in [-0.05, 0) is 35.7 Å². The van der Waals surface area contributed by atoms with Gasteiger partial charge < -0.3 is 9.47 Å². The topological polar surface area (TPSA) is 38.1 Å². The van der Waals surface area contributed by atoms with Gasteiger partial charge in [-0.25, -0.2) is 0 Å². The van der Waals surface area contributed by atoms with Crippen molar-refractivity contribution in [2.24, 2.45) is 0 Å². The smallest absolute Gasteiger partial charge is 0.275 e. The van der Waals surface area contributed by atoms with E-state index in [1.807, 2.05) is 65.7 Å². The molecule has 4 heteroatoms. The average Bonchev–Trinajstić information content (AvgIpc) is 3.15. The molecule has 4 nitrogen and oxygen atoms in total. The first kappa shape index (κ1) is 17.9. The van der Waals surface area contributed by atoms with Crippen LogP contribution in [0.15, 0.2) is 91.1 Å². The molecule has 0 fully saturated rings. The molecule has 0 N–H and O–H groups in total. The van der Waals surface area contributed by atoms with E-state index in [9.17, 15) is 4.79 Å². The van der Waals surface area contributed by atoms with Crippen molar-refractivity contribution in [1.82, 2.24) is 9.55 Å². The molecule has 0 atom stereocenters. The Morgan fingerprint density at radius 3 is 2.42 bits per heavy atom. The molecule has 1 aliphatic rings. The fourth-order valence-corrected chi connectivity index (χ4v) is 4.78. The highest BCUT2D eigenvalue weighted by Crippen LogP contribution is 2.36. The first-order chi connectivity index (χ1) is 15.3. The van der Waals surface area contributed by atoms with E-state index in [4.69, 9.17) is 4.98 Å². The van der Waals surface area contributed by atoms with E-state index in [2.05, 4.69) is 34.9 Å². The fourth-order valence-electron chi connectivity index (χ4n) is 4.78. The second-order valence-electron chi connectivity index (χ2n) is 7.98. The van der Waals surface area contributed by atoms with Crippen LogP contribution in [0, 0.1) is 0 Å². The highest BCUT2D eigenvalue weighted by Gasteiger charge is 2.32.